The summed E-state index contributed by atoms with van der Waals surface area (Å²) < 4.78 is 39.4. The quantitative estimate of drug-likeness (QED) is 0.779. The number of aromatic nitrogens is 2. The Kier molecular flexibility index (Phi) is 3.84. The van der Waals surface area contributed by atoms with Crippen LogP contribution in [-0.4, -0.2) is 57.1 Å². The van der Waals surface area contributed by atoms with Crippen molar-refractivity contribution >= 4 is 11.8 Å². The third kappa shape index (κ3) is 2.46. The Labute approximate surface area is 137 Å². The Morgan fingerprint density at radius 3 is 2.42 bits per heavy atom. The van der Waals surface area contributed by atoms with Gasteiger partial charge in [0.2, 0.25) is 5.91 Å². The Hall–Kier alpha value is -2.06. The Morgan fingerprint density at radius 2 is 1.83 bits per heavy atom. The maximum absolute atomic E-state index is 12.9. The number of piperidine rings is 1. The molecular weight excluding hydrogens is 325 g/mol. The van der Waals surface area contributed by atoms with Gasteiger partial charge in [0, 0.05) is 33.3 Å². The molecule has 2 aliphatic heterocycles. The second-order valence-electron chi connectivity index (χ2n) is 6.46. The lowest BCUT2D eigenvalue weighted by molar-refractivity contribution is -0.144. The number of hydrogen-bond acceptors (Lipinski definition) is 3. The first-order valence-corrected chi connectivity index (χ1v) is 7.85. The largest absolute Gasteiger partial charge is 0.433 e. The van der Waals surface area contributed by atoms with Crippen LogP contribution in [0, 0.1) is 0 Å². The van der Waals surface area contributed by atoms with Gasteiger partial charge in [-0.1, -0.05) is 0 Å². The smallest absolute Gasteiger partial charge is 0.344 e. The van der Waals surface area contributed by atoms with Crippen LogP contribution in [-0.2, 0) is 18.0 Å². The first-order valence-electron chi connectivity index (χ1n) is 7.85. The van der Waals surface area contributed by atoms with E-state index in [1.165, 1.54) is 4.90 Å². The van der Waals surface area contributed by atoms with Crippen molar-refractivity contribution in [1.82, 2.24) is 19.6 Å². The molecule has 0 aliphatic carbocycles. The minimum absolute atomic E-state index is 0.133. The van der Waals surface area contributed by atoms with Crippen LogP contribution in [0.2, 0.25) is 0 Å². The van der Waals surface area contributed by atoms with Crippen molar-refractivity contribution in [3.63, 3.8) is 0 Å². The highest BCUT2D eigenvalue weighted by molar-refractivity contribution is 5.99. The van der Waals surface area contributed by atoms with E-state index in [1.54, 1.807) is 11.9 Å². The summed E-state index contributed by atoms with van der Waals surface area (Å²) in [4.78, 5) is 28.4. The number of likely N-dealkylation sites (N-methyl/N-ethyl adjacent to an activating group) is 1. The van der Waals surface area contributed by atoms with E-state index in [1.807, 2.05) is 0 Å². The number of likely N-dealkylation sites (tertiary alicyclic amines) is 2. The molecule has 0 aromatic carbocycles. The van der Waals surface area contributed by atoms with Gasteiger partial charge in [-0.2, -0.15) is 18.3 Å². The van der Waals surface area contributed by atoms with E-state index < -0.39 is 23.3 Å². The molecule has 6 nitrogen and oxygen atoms in total. The summed E-state index contributed by atoms with van der Waals surface area (Å²) in [7, 11) is 2.84. The molecule has 2 amide bonds. The molecule has 1 atom stereocenters. The summed E-state index contributed by atoms with van der Waals surface area (Å²) >= 11 is 0. The predicted molar refractivity (Wildman–Crippen MR) is 78.1 cm³/mol. The first kappa shape index (κ1) is 16.8. The summed E-state index contributed by atoms with van der Waals surface area (Å²) in [5.41, 5.74) is -2.18. The Morgan fingerprint density at radius 1 is 1.21 bits per heavy atom. The zero-order chi connectivity index (χ0) is 17.7. The zero-order valence-electron chi connectivity index (χ0n) is 13.6. The fourth-order valence-corrected chi connectivity index (χ4v) is 3.80. The molecule has 1 aromatic heterocycles. The van der Waals surface area contributed by atoms with Crippen molar-refractivity contribution in [2.24, 2.45) is 7.05 Å². The number of nitrogens with zero attached hydrogens (tertiary/aromatic N) is 4. The van der Waals surface area contributed by atoms with Gasteiger partial charge in [0.15, 0.2) is 5.69 Å². The summed E-state index contributed by atoms with van der Waals surface area (Å²) in [6.07, 6.45) is -2.07. The second kappa shape index (κ2) is 5.49. The van der Waals surface area contributed by atoms with E-state index in [0.717, 1.165) is 19.5 Å². The molecule has 1 spiro atoms. The van der Waals surface area contributed by atoms with Gasteiger partial charge in [0.05, 0.1) is 0 Å². The Balaban J connectivity index is 1.94. The number of carbonyl (C=O) groups is 2. The summed E-state index contributed by atoms with van der Waals surface area (Å²) in [6, 6.07) is 0.755. The summed E-state index contributed by atoms with van der Waals surface area (Å²) in [5.74, 6) is -0.742. The molecule has 2 fully saturated rings. The van der Waals surface area contributed by atoms with Gasteiger partial charge in [0.25, 0.3) is 5.91 Å². The van der Waals surface area contributed by atoms with Crippen molar-refractivity contribution in [3.05, 3.63) is 17.5 Å². The minimum atomic E-state index is -4.58. The van der Waals surface area contributed by atoms with Crippen molar-refractivity contribution < 1.29 is 22.8 Å². The van der Waals surface area contributed by atoms with Crippen LogP contribution in [0.1, 0.15) is 41.9 Å². The highest BCUT2D eigenvalue weighted by atomic mass is 19.4. The maximum Gasteiger partial charge on any atom is 0.433 e. The van der Waals surface area contributed by atoms with Crippen LogP contribution >= 0.6 is 0 Å². The van der Waals surface area contributed by atoms with Gasteiger partial charge in [0.1, 0.15) is 11.2 Å². The fourth-order valence-electron chi connectivity index (χ4n) is 3.80. The molecule has 3 heterocycles. The molecule has 24 heavy (non-hydrogen) atoms. The molecule has 3 rings (SSSR count). The highest BCUT2D eigenvalue weighted by Gasteiger charge is 2.52. The average molecular weight is 344 g/mol. The normalized spacial score (nSPS) is 25.0. The predicted octanol–water partition coefficient (Wildman–Crippen LogP) is 1.67. The SMILES string of the molecule is CN1CCCC2(CCCN2C(=O)c2cc(C(F)(F)F)n(C)n2)C1=O. The molecule has 2 aliphatic rings. The van der Waals surface area contributed by atoms with Crippen molar-refractivity contribution in [2.45, 2.75) is 37.4 Å². The van der Waals surface area contributed by atoms with Gasteiger partial charge < -0.3 is 9.80 Å². The molecule has 132 valence electrons. The van der Waals surface area contributed by atoms with E-state index in [9.17, 15) is 22.8 Å². The summed E-state index contributed by atoms with van der Waals surface area (Å²) in [6.45, 7) is 0.987. The van der Waals surface area contributed by atoms with Crippen LogP contribution in [0.4, 0.5) is 13.2 Å². The van der Waals surface area contributed by atoms with E-state index >= 15 is 0 Å². The molecule has 2 saturated heterocycles. The van der Waals surface area contributed by atoms with Gasteiger partial charge >= 0.3 is 6.18 Å². The molecule has 0 bridgehead atoms. The van der Waals surface area contributed by atoms with Gasteiger partial charge in [-0.25, -0.2) is 0 Å². The van der Waals surface area contributed by atoms with Gasteiger partial charge in [-0.3, -0.25) is 14.3 Å². The van der Waals surface area contributed by atoms with Crippen molar-refractivity contribution in [2.75, 3.05) is 20.1 Å². The summed E-state index contributed by atoms with van der Waals surface area (Å²) in [5, 5.41) is 3.72. The molecular formula is C15H19F3N4O2. The van der Waals surface area contributed by atoms with Gasteiger partial charge in [-0.05, 0) is 25.7 Å². The highest BCUT2D eigenvalue weighted by Crippen LogP contribution is 2.39. The lowest BCUT2D eigenvalue weighted by Crippen LogP contribution is -2.60. The number of halogens is 3. The monoisotopic (exact) mass is 344 g/mol. The number of hydrogen-bond donors (Lipinski definition) is 0. The van der Waals surface area contributed by atoms with Crippen LogP contribution in [0.3, 0.4) is 0 Å². The van der Waals surface area contributed by atoms with Crippen molar-refractivity contribution in [3.8, 4) is 0 Å². The van der Waals surface area contributed by atoms with Crippen LogP contribution in [0.15, 0.2) is 6.07 Å². The third-order valence-electron chi connectivity index (χ3n) is 4.95. The lowest BCUT2D eigenvalue weighted by Gasteiger charge is -2.43. The molecule has 0 N–H and O–H groups in total. The lowest BCUT2D eigenvalue weighted by atomic mass is 9.85. The standard InChI is InChI=1S/C15H19F3N4O2/c1-20-7-3-5-14(13(20)24)6-4-8-22(14)12(23)10-9-11(15(16,17)18)21(2)19-10/h9H,3-8H2,1-2H3. The molecule has 1 aromatic rings. The molecule has 9 heteroatoms. The number of rotatable bonds is 1. The third-order valence-corrected chi connectivity index (χ3v) is 4.95. The fraction of sp³-hybridized carbons (Fsp3) is 0.667. The second-order valence-corrected chi connectivity index (χ2v) is 6.46. The van der Waals surface area contributed by atoms with Crippen LogP contribution in [0.5, 0.6) is 0 Å². The van der Waals surface area contributed by atoms with E-state index in [-0.39, 0.29) is 11.6 Å². The van der Waals surface area contributed by atoms with Crippen LogP contribution in [0.25, 0.3) is 0 Å². The van der Waals surface area contributed by atoms with E-state index in [4.69, 9.17) is 0 Å². The first-order chi connectivity index (χ1) is 11.2. The minimum Gasteiger partial charge on any atom is -0.344 e. The number of alkyl halides is 3. The Bertz CT molecular complexity index is 685. The van der Waals surface area contributed by atoms with Crippen molar-refractivity contribution in [1.29, 1.82) is 0 Å². The van der Waals surface area contributed by atoms with Gasteiger partial charge in [-0.15, -0.1) is 0 Å². The zero-order valence-corrected chi connectivity index (χ0v) is 13.6. The molecule has 1 unspecified atom stereocenters. The molecule has 0 saturated carbocycles. The maximum atomic E-state index is 12.9. The van der Waals surface area contributed by atoms with Crippen LogP contribution < -0.4 is 0 Å². The number of aryl methyl sites for hydroxylation is 1. The van der Waals surface area contributed by atoms with E-state index in [0.29, 0.717) is 37.0 Å². The topological polar surface area (TPSA) is 58.4 Å². The molecule has 0 radical (unpaired) electrons. The average Bonchev–Trinajstić information content (AvgIpc) is 3.08. The van der Waals surface area contributed by atoms with E-state index in [2.05, 4.69) is 5.10 Å². The number of amides is 2. The number of carbonyl (C=O) groups excluding carboxylic acids is 2.